The summed E-state index contributed by atoms with van der Waals surface area (Å²) in [7, 11) is 0. The minimum atomic E-state index is 0.801. The molecule has 1 aliphatic rings. The number of piperidine rings is 1. The second kappa shape index (κ2) is 6.06. The fourth-order valence-electron chi connectivity index (χ4n) is 2.32. The zero-order chi connectivity index (χ0) is 12.1. The van der Waals surface area contributed by atoms with Gasteiger partial charge < -0.3 is 10.1 Å². The quantitative estimate of drug-likeness (QED) is 0.863. The number of hydrogen-bond acceptors (Lipinski definition) is 2. The van der Waals surface area contributed by atoms with E-state index >= 15 is 0 Å². The maximum absolute atomic E-state index is 5.82. The summed E-state index contributed by atoms with van der Waals surface area (Å²) in [5.74, 6) is 1.81. The minimum Gasteiger partial charge on any atom is -0.494 e. The van der Waals surface area contributed by atoms with E-state index in [9.17, 15) is 0 Å². The summed E-state index contributed by atoms with van der Waals surface area (Å²) in [6.07, 6.45) is 3.83. The van der Waals surface area contributed by atoms with Gasteiger partial charge in [-0.15, -0.1) is 0 Å². The number of rotatable bonds is 4. The molecule has 0 spiro atoms. The molecule has 94 valence electrons. The topological polar surface area (TPSA) is 21.3 Å². The Balaban J connectivity index is 1.75. The van der Waals surface area contributed by atoms with E-state index in [0.29, 0.717) is 0 Å². The summed E-state index contributed by atoms with van der Waals surface area (Å²) in [4.78, 5) is 0. The Bertz CT molecular complexity index is 356. The van der Waals surface area contributed by atoms with Crippen molar-refractivity contribution in [1.29, 1.82) is 0 Å². The standard InChI is InChI=1S/C15H23NO/c1-12-5-6-15(10-13(12)2)17-9-7-14-4-3-8-16-11-14/h5-6,10,14,16H,3-4,7-9,11H2,1-2H3/t14-/m0/s1. The number of ether oxygens (including phenoxy) is 1. The second-order valence-corrected chi connectivity index (χ2v) is 5.10. The molecule has 1 heterocycles. The van der Waals surface area contributed by atoms with Gasteiger partial charge in [-0.3, -0.25) is 0 Å². The van der Waals surface area contributed by atoms with Crippen LogP contribution >= 0.6 is 0 Å². The first kappa shape index (κ1) is 12.4. The molecule has 0 unspecified atom stereocenters. The van der Waals surface area contributed by atoms with Crippen molar-refractivity contribution in [3.8, 4) is 5.75 Å². The van der Waals surface area contributed by atoms with Crippen LogP contribution in [-0.4, -0.2) is 19.7 Å². The van der Waals surface area contributed by atoms with Crippen molar-refractivity contribution < 1.29 is 4.74 Å². The molecule has 2 nitrogen and oxygen atoms in total. The summed E-state index contributed by atoms with van der Waals surface area (Å²) in [6.45, 7) is 7.46. The van der Waals surface area contributed by atoms with Crippen molar-refractivity contribution in [1.82, 2.24) is 5.32 Å². The molecule has 1 atom stereocenters. The van der Waals surface area contributed by atoms with Gasteiger partial charge in [0.15, 0.2) is 0 Å². The third kappa shape index (κ3) is 3.74. The van der Waals surface area contributed by atoms with E-state index in [4.69, 9.17) is 4.74 Å². The van der Waals surface area contributed by atoms with Gasteiger partial charge in [0, 0.05) is 0 Å². The monoisotopic (exact) mass is 233 g/mol. The van der Waals surface area contributed by atoms with Crippen LogP contribution < -0.4 is 10.1 Å². The highest BCUT2D eigenvalue weighted by molar-refractivity contribution is 5.33. The molecule has 17 heavy (non-hydrogen) atoms. The Morgan fingerprint density at radius 2 is 2.18 bits per heavy atom. The van der Waals surface area contributed by atoms with Crippen LogP contribution in [0.4, 0.5) is 0 Å². The molecule has 0 amide bonds. The molecule has 0 bridgehead atoms. The van der Waals surface area contributed by atoms with Crippen LogP contribution in [0.3, 0.4) is 0 Å². The third-order valence-corrected chi connectivity index (χ3v) is 3.67. The molecule has 0 aromatic heterocycles. The molecule has 1 N–H and O–H groups in total. The van der Waals surface area contributed by atoms with E-state index in [0.717, 1.165) is 24.8 Å². The minimum absolute atomic E-state index is 0.801. The summed E-state index contributed by atoms with van der Waals surface area (Å²) >= 11 is 0. The molecule has 0 saturated carbocycles. The van der Waals surface area contributed by atoms with Gasteiger partial charge in [-0.05, 0) is 75.4 Å². The maximum Gasteiger partial charge on any atom is 0.119 e. The van der Waals surface area contributed by atoms with Crippen LogP contribution in [-0.2, 0) is 0 Å². The zero-order valence-corrected chi connectivity index (χ0v) is 11.0. The van der Waals surface area contributed by atoms with E-state index in [1.165, 1.54) is 36.9 Å². The van der Waals surface area contributed by atoms with Crippen LogP contribution in [0, 0.1) is 19.8 Å². The number of nitrogens with one attached hydrogen (secondary N) is 1. The number of benzene rings is 1. The van der Waals surface area contributed by atoms with Crippen LogP contribution in [0.15, 0.2) is 18.2 Å². The second-order valence-electron chi connectivity index (χ2n) is 5.10. The van der Waals surface area contributed by atoms with E-state index in [2.05, 4.69) is 37.4 Å². The summed E-state index contributed by atoms with van der Waals surface area (Å²) in [5, 5.41) is 3.44. The normalized spacial score (nSPS) is 20.2. The predicted molar refractivity (Wildman–Crippen MR) is 71.6 cm³/mol. The summed E-state index contributed by atoms with van der Waals surface area (Å²) in [5.41, 5.74) is 2.63. The van der Waals surface area contributed by atoms with Crippen molar-refractivity contribution >= 4 is 0 Å². The third-order valence-electron chi connectivity index (χ3n) is 3.67. The number of aryl methyl sites for hydroxylation is 2. The van der Waals surface area contributed by atoms with Gasteiger partial charge in [0.25, 0.3) is 0 Å². The first-order valence-electron chi connectivity index (χ1n) is 6.66. The maximum atomic E-state index is 5.82. The van der Waals surface area contributed by atoms with Crippen LogP contribution in [0.1, 0.15) is 30.4 Å². The molecular weight excluding hydrogens is 210 g/mol. The SMILES string of the molecule is Cc1ccc(OCC[C@@H]2CCCNC2)cc1C. The molecule has 1 fully saturated rings. The lowest BCUT2D eigenvalue weighted by atomic mass is 9.97. The van der Waals surface area contributed by atoms with Crippen molar-refractivity contribution in [2.75, 3.05) is 19.7 Å². The van der Waals surface area contributed by atoms with E-state index < -0.39 is 0 Å². The lowest BCUT2D eigenvalue weighted by Crippen LogP contribution is -2.30. The average Bonchev–Trinajstić information content (AvgIpc) is 2.35. The Kier molecular flexibility index (Phi) is 4.43. The molecule has 1 aliphatic heterocycles. The van der Waals surface area contributed by atoms with E-state index in [-0.39, 0.29) is 0 Å². The Labute approximate surface area is 104 Å². The van der Waals surface area contributed by atoms with Crippen LogP contribution in [0.2, 0.25) is 0 Å². The summed E-state index contributed by atoms with van der Waals surface area (Å²) in [6, 6.07) is 6.34. The largest absolute Gasteiger partial charge is 0.494 e. The molecule has 1 aromatic rings. The summed E-state index contributed by atoms with van der Waals surface area (Å²) < 4.78 is 5.82. The molecule has 1 aromatic carbocycles. The van der Waals surface area contributed by atoms with E-state index in [1.54, 1.807) is 0 Å². The lowest BCUT2D eigenvalue weighted by Gasteiger charge is -2.22. The highest BCUT2D eigenvalue weighted by atomic mass is 16.5. The Hall–Kier alpha value is -1.02. The van der Waals surface area contributed by atoms with Gasteiger partial charge >= 0.3 is 0 Å². The predicted octanol–water partition coefficient (Wildman–Crippen LogP) is 3.07. The fourth-order valence-corrected chi connectivity index (χ4v) is 2.32. The first-order chi connectivity index (χ1) is 8.25. The smallest absolute Gasteiger partial charge is 0.119 e. The molecule has 0 aliphatic carbocycles. The fraction of sp³-hybridized carbons (Fsp3) is 0.600. The van der Waals surface area contributed by atoms with Gasteiger partial charge in [-0.2, -0.15) is 0 Å². The van der Waals surface area contributed by atoms with Gasteiger partial charge in [-0.25, -0.2) is 0 Å². The highest BCUT2D eigenvalue weighted by Crippen LogP contribution is 2.18. The van der Waals surface area contributed by atoms with Gasteiger partial charge in [-0.1, -0.05) is 6.07 Å². The molecule has 0 radical (unpaired) electrons. The zero-order valence-electron chi connectivity index (χ0n) is 11.0. The average molecular weight is 233 g/mol. The molecular formula is C15H23NO. The van der Waals surface area contributed by atoms with Crippen LogP contribution in [0.5, 0.6) is 5.75 Å². The first-order valence-corrected chi connectivity index (χ1v) is 6.66. The van der Waals surface area contributed by atoms with E-state index in [1.807, 2.05) is 0 Å². The molecule has 2 rings (SSSR count). The van der Waals surface area contributed by atoms with Crippen molar-refractivity contribution in [3.63, 3.8) is 0 Å². The Morgan fingerprint density at radius 1 is 1.29 bits per heavy atom. The highest BCUT2D eigenvalue weighted by Gasteiger charge is 2.12. The van der Waals surface area contributed by atoms with Crippen LogP contribution in [0.25, 0.3) is 0 Å². The van der Waals surface area contributed by atoms with Gasteiger partial charge in [0.05, 0.1) is 6.61 Å². The lowest BCUT2D eigenvalue weighted by molar-refractivity contribution is 0.254. The van der Waals surface area contributed by atoms with Gasteiger partial charge in [0.1, 0.15) is 5.75 Å². The van der Waals surface area contributed by atoms with Crippen molar-refractivity contribution in [3.05, 3.63) is 29.3 Å². The van der Waals surface area contributed by atoms with Crippen molar-refractivity contribution in [2.45, 2.75) is 33.1 Å². The van der Waals surface area contributed by atoms with Crippen molar-refractivity contribution in [2.24, 2.45) is 5.92 Å². The molecule has 1 saturated heterocycles. The van der Waals surface area contributed by atoms with Gasteiger partial charge in [0.2, 0.25) is 0 Å². The Morgan fingerprint density at radius 3 is 2.88 bits per heavy atom. The molecule has 2 heteroatoms. The number of hydrogen-bond donors (Lipinski definition) is 1.